The summed E-state index contributed by atoms with van der Waals surface area (Å²) in [5.74, 6) is -0.163. The molecule has 4 rings (SSSR count). The van der Waals surface area contributed by atoms with E-state index in [2.05, 4.69) is 5.32 Å². The second-order valence-electron chi connectivity index (χ2n) is 5.76. The normalized spacial score (nSPS) is 12.2. The summed E-state index contributed by atoms with van der Waals surface area (Å²) in [5, 5.41) is 2.57. The maximum absolute atomic E-state index is 12.9. The number of anilines is 1. The fourth-order valence-corrected chi connectivity index (χ4v) is 2.98. The number of benzene rings is 3. The van der Waals surface area contributed by atoms with Gasteiger partial charge in [0.25, 0.3) is 0 Å². The summed E-state index contributed by atoms with van der Waals surface area (Å²) < 4.78 is 5.19. The van der Waals surface area contributed by atoms with Crippen molar-refractivity contribution in [2.75, 3.05) is 5.32 Å². The van der Waals surface area contributed by atoms with Crippen LogP contribution in [0.3, 0.4) is 0 Å². The third-order valence-corrected chi connectivity index (χ3v) is 4.14. The highest BCUT2D eigenvalue weighted by molar-refractivity contribution is 6.30. The molecule has 0 bridgehead atoms. The molecule has 0 saturated heterocycles. The zero-order chi connectivity index (χ0) is 18.1. The van der Waals surface area contributed by atoms with E-state index in [4.69, 9.17) is 4.74 Å². The van der Waals surface area contributed by atoms with Crippen molar-refractivity contribution in [2.24, 2.45) is 0 Å². The van der Waals surface area contributed by atoms with Crippen LogP contribution in [0.1, 0.15) is 31.8 Å². The van der Waals surface area contributed by atoms with E-state index < -0.39 is 6.09 Å². The second kappa shape index (κ2) is 6.29. The van der Waals surface area contributed by atoms with E-state index in [1.807, 2.05) is 0 Å². The lowest BCUT2D eigenvalue weighted by atomic mass is 9.83. The Hall–Kier alpha value is -3.73. The van der Waals surface area contributed by atoms with Crippen molar-refractivity contribution in [3.8, 4) is 5.75 Å². The average Bonchev–Trinajstić information content (AvgIpc) is 2.67. The number of nitrogens with one attached hydrogen (secondary N) is 1. The van der Waals surface area contributed by atoms with Gasteiger partial charge in [0, 0.05) is 16.7 Å². The highest BCUT2D eigenvalue weighted by Gasteiger charge is 2.31. The van der Waals surface area contributed by atoms with Crippen LogP contribution in [-0.2, 0) is 0 Å². The molecular formula is C21H13NO4. The summed E-state index contributed by atoms with van der Waals surface area (Å²) in [7, 11) is 0. The first-order valence-electron chi connectivity index (χ1n) is 8.00. The molecule has 3 aromatic rings. The summed E-state index contributed by atoms with van der Waals surface area (Å²) in [6.07, 6.45) is -0.733. The van der Waals surface area contributed by atoms with Gasteiger partial charge in [0.15, 0.2) is 11.6 Å². The second-order valence-corrected chi connectivity index (χ2v) is 5.76. The maximum atomic E-state index is 12.9. The number of ether oxygens (including phenoxy) is 1. The van der Waals surface area contributed by atoms with Gasteiger partial charge in [0.2, 0.25) is 0 Å². The molecule has 5 nitrogen and oxygen atoms in total. The van der Waals surface area contributed by atoms with Gasteiger partial charge in [-0.15, -0.1) is 0 Å². The number of ketones is 2. The number of fused-ring (bicyclic) bond motifs is 2. The number of hydrogen-bond donors (Lipinski definition) is 1. The molecule has 5 heteroatoms. The summed E-state index contributed by atoms with van der Waals surface area (Å²) >= 11 is 0. The molecule has 3 aromatic carbocycles. The summed E-state index contributed by atoms with van der Waals surface area (Å²) in [5.41, 5.74) is 1.40. The topological polar surface area (TPSA) is 72.5 Å². The van der Waals surface area contributed by atoms with Crippen molar-refractivity contribution in [3.63, 3.8) is 0 Å². The van der Waals surface area contributed by atoms with Crippen LogP contribution in [0.25, 0.3) is 0 Å². The van der Waals surface area contributed by atoms with Gasteiger partial charge in [-0.05, 0) is 18.2 Å². The van der Waals surface area contributed by atoms with Crippen molar-refractivity contribution in [2.45, 2.75) is 0 Å². The zero-order valence-corrected chi connectivity index (χ0v) is 13.6. The standard InChI is InChI=1S/C21H13NO4/c23-19-14-9-4-5-10-15(14)20(24)18-16(19)11-6-12-17(18)22-21(25)26-13-7-2-1-3-8-13/h1-12H,(H,22,25). The first-order chi connectivity index (χ1) is 12.6. The number of carbonyl (C=O) groups excluding carboxylic acids is 3. The molecule has 0 fully saturated rings. The molecule has 1 amide bonds. The van der Waals surface area contributed by atoms with Crippen LogP contribution in [0.2, 0.25) is 0 Å². The summed E-state index contributed by atoms with van der Waals surface area (Å²) in [4.78, 5) is 37.7. The number of rotatable bonds is 2. The molecule has 0 atom stereocenters. The van der Waals surface area contributed by atoms with Crippen molar-refractivity contribution in [3.05, 3.63) is 95.1 Å². The van der Waals surface area contributed by atoms with E-state index in [-0.39, 0.29) is 28.4 Å². The van der Waals surface area contributed by atoms with E-state index in [9.17, 15) is 14.4 Å². The highest BCUT2D eigenvalue weighted by Crippen LogP contribution is 2.32. The first kappa shape index (κ1) is 15.8. The van der Waals surface area contributed by atoms with Gasteiger partial charge in [0.1, 0.15) is 5.75 Å². The molecule has 26 heavy (non-hydrogen) atoms. The van der Waals surface area contributed by atoms with E-state index in [0.717, 1.165) is 0 Å². The molecule has 0 saturated carbocycles. The van der Waals surface area contributed by atoms with Crippen LogP contribution < -0.4 is 10.1 Å². The van der Waals surface area contributed by atoms with Crippen LogP contribution in [0.5, 0.6) is 5.75 Å². The molecule has 0 aromatic heterocycles. The monoisotopic (exact) mass is 343 g/mol. The number of para-hydroxylation sites is 1. The predicted molar refractivity (Wildman–Crippen MR) is 95.8 cm³/mol. The number of amides is 1. The number of carbonyl (C=O) groups is 3. The molecule has 1 N–H and O–H groups in total. The van der Waals surface area contributed by atoms with Crippen LogP contribution in [0.4, 0.5) is 10.5 Å². The smallest absolute Gasteiger partial charge is 0.410 e. The van der Waals surface area contributed by atoms with Gasteiger partial charge < -0.3 is 4.74 Å². The van der Waals surface area contributed by atoms with Crippen LogP contribution in [-0.4, -0.2) is 17.7 Å². The van der Waals surface area contributed by atoms with Gasteiger partial charge in [-0.2, -0.15) is 0 Å². The highest BCUT2D eigenvalue weighted by atomic mass is 16.6. The van der Waals surface area contributed by atoms with Crippen LogP contribution in [0, 0.1) is 0 Å². The van der Waals surface area contributed by atoms with Crippen molar-refractivity contribution in [1.29, 1.82) is 0 Å². The molecule has 0 spiro atoms. The molecule has 0 aliphatic heterocycles. The summed E-state index contributed by atoms with van der Waals surface area (Å²) in [6.45, 7) is 0. The molecule has 1 aliphatic carbocycles. The Bertz CT molecular complexity index is 1040. The lowest BCUT2D eigenvalue weighted by Gasteiger charge is -2.20. The Kier molecular flexibility index (Phi) is 3.82. The van der Waals surface area contributed by atoms with E-state index in [0.29, 0.717) is 16.9 Å². The van der Waals surface area contributed by atoms with Crippen molar-refractivity contribution < 1.29 is 19.1 Å². The van der Waals surface area contributed by atoms with Gasteiger partial charge in [-0.3, -0.25) is 14.9 Å². The van der Waals surface area contributed by atoms with Gasteiger partial charge in [0.05, 0.1) is 11.3 Å². The Morgan fingerprint density at radius 3 is 2.04 bits per heavy atom. The van der Waals surface area contributed by atoms with E-state index in [1.165, 1.54) is 0 Å². The van der Waals surface area contributed by atoms with E-state index in [1.54, 1.807) is 72.8 Å². The Balaban J connectivity index is 1.69. The molecule has 0 radical (unpaired) electrons. The molecule has 1 aliphatic rings. The quantitative estimate of drug-likeness (QED) is 0.595. The Morgan fingerprint density at radius 2 is 1.31 bits per heavy atom. The average molecular weight is 343 g/mol. The largest absolute Gasteiger partial charge is 0.417 e. The van der Waals surface area contributed by atoms with Gasteiger partial charge in [-0.25, -0.2) is 4.79 Å². The van der Waals surface area contributed by atoms with Crippen molar-refractivity contribution in [1.82, 2.24) is 0 Å². The minimum atomic E-state index is -0.733. The zero-order valence-electron chi connectivity index (χ0n) is 13.6. The molecule has 0 heterocycles. The minimum Gasteiger partial charge on any atom is -0.410 e. The fourth-order valence-electron chi connectivity index (χ4n) is 2.98. The van der Waals surface area contributed by atoms with Crippen LogP contribution in [0.15, 0.2) is 72.8 Å². The Labute approximate surface area is 149 Å². The SMILES string of the molecule is O=C(Nc1cccc2c1C(=O)c1ccccc1C2=O)Oc1ccccc1. The lowest BCUT2D eigenvalue weighted by molar-refractivity contribution is 0.0979. The molecule has 126 valence electrons. The lowest BCUT2D eigenvalue weighted by Crippen LogP contribution is -2.24. The molecule has 0 unspecified atom stereocenters. The third kappa shape index (κ3) is 2.65. The third-order valence-electron chi connectivity index (χ3n) is 4.14. The van der Waals surface area contributed by atoms with Crippen LogP contribution >= 0.6 is 0 Å². The molecular weight excluding hydrogens is 330 g/mol. The maximum Gasteiger partial charge on any atom is 0.417 e. The number of hydrogen-bond acceptors (Lipinski definition) is 4. The van der Waals surface area contributed by atoms with E-state index >= 15 is 0 Å². The summed E-state index contributed by atoms with van der Waals surface area (Å²) in [6, 6.07) is 20.0. The van der Waals surface area contributed by atoms with Gasteiger partial charge in [-0.1, -0.05) is 54.6 Å². The minimum absolute atomic E-state index is 0.182. The van der Waals surface area contributed by atoms with Gasteiger partial charge >= 0.3 is 6.09 Å². The first-order valence-corrected chi connectivity index (χ1v) is 8.00. The Morgan fingerprint density at radius 1 is 0.692 bits per heavy atom. The fraction of sp³-hybridized carbons (Fsp3) is 0. The predicted octanol–water partition coefficient (Wildman–Crippen LogP) is 4.07. The van der Waals surface area contributed by atoms with Crippen molar-refractivity contribution >= 4 is 23.3 Å².